The lowest BCUT2D eigenvalue weighted by atomic mass is 10.1. The SMILES string of the molecule is C=C(C(N)=O)N(Cc1ccccc1)C(=O)CN(CCc1ccccc1)C(=O)CNCCCN=C(N)N. The smallest absolute Gasteiger partial charge is 0.264 e. The van der Waals surface area contributed by atoms with Crippen LogP contribution in [0.4, 0.5) is 0 Å². The largest absolute Gasteiger partial charge is 0.370 e. The number of benzene rings is 2. The van der Waals surface area contributed by atoms with E-state index in [4.69, 9.17) is 17.2 Å². The van der Waals surface area contributed by atoms with E-state index in [2.05, 4.69) is 16.9 Å². The van der Waals surface area contributed by atoms with Crippen molar-refractivity contribution in [1.29, 1.82) is 0 Å². The topological polar surface area (TPSA) is 160 Å². The molecule has 2 aromatic carbocycles. The average molecular weight is 494 g/mol. The van der Waals surface area contributed by atoms with Gasteiger partial charge < -0.3 is 32.3 Å². The fourth-order valence-corrected chi connectivity index (χ4v) is 3.40. The molecule has 10 heteroatoms. The highest BCUT2D eigenvalue weighted by Crippen LogP contribution is 2.12. The van der Waals surface area contributed by atoms with Crippen LogP contribution in [0.5, 0.6) is 0 Å². The lowest BCUT2D eigenvalue weighted by molar-refractivity contribution is -0.140. The zero-order chi connectivity index (χ0) is 26.3. The monoisotopic (exact) mass is 493 g/mol. The van der Waals surface area contributed by atoms with Crippen LogP contribution >= 0.6 is 0 Å². The maximum atomic E-state index is 13.3. The van der Waals surface area contributed by atoms with Crippen LogP contribution in [0.15, 0.2) is 77.9 Å². The summed E-state index contributed by atoms with van der Waals surface area (Å²) in [4.78, 5) is 44.8. The van der Waals surface area contributed by atoms with E-state index in [9.17, 15) is 14.4 Å². The third kappa shape index (κ3) is 9.98. The van der Waals surface area contributed by atoms with Gasteiger partial charge in [0.2, 0.25) is 11.8 Å². The Morgan fingerprint density at radius 2 is 1.50 bits per heavy atom. The summed E-state index contributed by atoms with van der Waals surface area (Å²) in [5.74, 6) is -1.47. The van der Waals surface area contributed by atoms with Gasteiger partial charge in [-0.15, -0.1) is 0 Å². The molecule has 7 N–H and O–H groups in total. The molecule has 10 nitrogen and oxygen atoms in total. The molecule has 0 aliphatic rings. The second-order valence-electron chi connectivity index (χ2n) is 8.16. The number of rotatable bonds is 15. The fraction of sp³-hybridized carbons (Fsp3) is 0.308. The minimum Gasteiger partial charge on any atom is -0.370 e. The van der Waals surface area contributed by atoms with Gasteiger partial charge in [-0.3, -0.25) is 19.4 Å². The molecule has 0 saturated heterocycles. The van der Waals surface area contributed by atoms with Crippen LogP contribution in [0.3, 0.4) is 0 Å². The molecule has 0 radical (unpaired) electrons. The molecular formula is C26H35N7O3. The number of primary amides is 1. The first kappa shape index (κ1) is 28.1. The van der Waals surface area contributed by atoms with E-state index in [1.165, 1.54) is 9.80 Å². The van der Waals surface area contributed by atoms with Crippen molar-refractivity contribution in [1.82, 2.24) is 15.1 Å². The first-order chi connectivity index (χ1) is 17.3. The number of nitrogens with two attached hydrogens (primary N) is 3. The third-order valence-corrected chi connectivity index (χ3v) is 5.37. The number of carbonyl (C=O) groups excluding carboxylic acids is 3. The molecule has 0 fully saturated rings. The van der Waals surface area contributed by atoms with Crippen LogP contribution in [-0.2, 0) is 27.3 Å². The predicted molar refractivity (Wildman–Crippen MR) is 140 cm³/mol. The van der Waals surface area contributed by atoms with Crippen molar-refractivity contribution in [3.8, 4) is 0 Å². The molecule has 192 valence electrons. The average Bonchev–Trinajstić information content (AvgIpc) is 2.87. The summed E-state index contributed by atoms with van der Waals surface area (Å²) in [7, 11) is 0. The lowest BCUT2D eigenvalue weighted by Crippen LogP contribution is -2.47. The molecule has 36 heavy (non-hydrogen) atoms. The zero-order valence-electron chi connectivity index (χ0n) is 20.4. The van der Waals surface area contributed by atoms with Crippen molar-refractivity contribution in [2.45, 2.75) is 19.4 Å². The Bertz CT molecular complexity index is 1040. The maximum Gasteiger partial charge on any atom is 0.264 e. The second-order valence-corrected chi connectivity index (χ2v) is 8.16. The van der Waals surface area contributed by atoms with Crippen molar-refractivity contribution in [3.05, 3.63) is 84.1 Å². The zero-order valence-corrected chi connectivity index (χ0v) is 20.4. The van der Waals surface area contributed by atoms with Crippen LogP contribution in [0.25, 0.3) is 0 Å². The molecule has 0 heterocycles. The number of amides is 3. The molecule has 0 saturated carbocycles. The molecule has 3 amide bonds. The number of hydrogen-bond acceptors (Lipinski definition) is 5. The van der Waals surface area contributed by atoms with Gasteiger partial charge in [0.1, 0.15) is 12.2 Å². The molecule has 0 aliphatic carbocycles. The highest BCUT2D eigenvalue weighted by atomic mass is 16.2. The van der Waals surface area contributed by atoms with Crippen LogP contribution in [-0.4, -0.2) is 66.2 Å². The Hall–Kier alpha value is -4.18. The van der Waals surface area contributed by atoms with Crippen molar-refractivity contribution in [2.75, 3.05) is 32.7 Å². The highest BCUT2D eigenvalue weighted by Gasteiger charge is 2.25. The van der Waals surface area contributed by atoms with Gasteiger partial charge in [0.05, 0.1) is 13.1 Å². The van der Waals surface area contributed by atoms with E-state index in [1.807, 2.05) is 60.7 Å². The van der Waals surface area contributed by atoms with E-state index in [1.54, 1.807) is 0 Å². The van der Waals surface area contributed by atoms with E-state index in [0.717, 1.165) is 11.1 Å². The standard InChI is InChI=1S/C26H35N7O3/c1-20(25(27)36)33(18-22-11-6-3-7-12-22)24(35)19-32(16-13-21-9-4-2-5-10-21)23(34)17-30-14-8-15-31-26(28)29/h2-7,9-12,30H,1,8,13-19H2,(H2,27,36)(H4,28,29,31). The van der Waals surface area contributed by atoms with Gasteiger partial charge in [0.25, 0.3) is 5.91 Å². The molecule has 0 bridgehead atoms. The Kier molecular flexibility index (Phi) is 11.7. The van der Waals surface area contributed by atoms with Crippen molar-refractivity contribution >= 4 is 23.7 Å². The molecule has 2 aromatic rings. The number of guanidine groups is 1. The fourth-order valence-electron chi connectivity index (χ4n) is 3.40. The quantitative estimate of drug-likeness (QED) is 0.121. The summed E-state index contributed by atoms with van der Waals surface area (Å²) < 4.78 is 0. The molecule has 2 rings (SSSR count). The lowest BCUT2D eigenvalue weighted by Gasteiger charge is -2.28. The van der Waals surface area contributed by atoms with E-state index >= 15 is 0 Å². The summed E-state index contributed by atoms with van der Waals surface area (Å²) in [5.41, 5.74) is 17.8. The van der Waals surface area contributed by atoms with Crippen molar-refractivity contribution in [3.63, 3.8) is 0 Å². The molecule has 0 spiro atoms. The van der Waals surface area contributed by atoms with Crippen LogP contribution in [0.1, 0.15) is 17.5 Å². The molecule has 0 aliphatic heterocycles. The highest BCUT2D eigenvalue weighted by molar-refractivity contribution is 5.97. The summed E-state index contributed by atoms with van der Waals surface area (Å²) >= 11 is 0. The van der Waals surface area contributed by atoms with Gasteiger partial charge in [-0.1, -0.05) is 67.2 Å². The van der Waals surface area contributed by atoms with Gasteiger partial charge >= 0.3 is 0 Å². The van der Waals surface area contributed by atoms with Gasteiger partial charge in [-0.05, 0) is 30.5 Å². The number of hydrogen-bond donors (Lipinski definition) is 4. The second kappa shape index (κ2) is 14.9. The number of aliphatic imine (C=N–C) groups is 1. The van der Waals surface area contributed by atoms with E-state index in [-0.39, 0.29) is 37.2 Å². The molecule has 0 unspecified atom stereocenters. The normalized spacial score (nSPS) is 10.3. The Morgan fingerprint density at radius 1 is 0.889 bits per heavy atom. The summed E-state index contributed by atoms with van der Waals surface area (Å²) in [5, 5.41) is 3.06. The minimum atomic E-state index is -0.802. The van der Waals surface area contributed by atoms with Gasteiger partial charge in [0.15, 0.2) is 5.96 Å². The van der Waals surface area contributed by atoms with Gasteiger partial charge in [-0.2, -0.15) is 0 Å². The summed E-state index contributed by atoms with van der Waals surface area (Å²) in [6.07, 6.45) is 1.22. The number of carbonyl (C=O) groups is 3. The van der Waals surface area contributed by atoms with Gasteiger partial charge in [-0.25, -0.2) is 0 Å². The Balaban J connectivity index is 2.09. The minimum absolute atomic E-state index is 0.0225. The predicted octanol–water partition coefficient (Wildman–Crippen LogP) is 0.339. The Labute approximate surface area is 211 Å². The summed E-state index contributed by atoms with van der Waals surface area (Å²) in [6.45, 7) is 4.93. The van der Waals surface area contributed by atoms with Crippen LogP contribution in [0.2, 0.25) is 0 Å². The Morgan fingerprint density at radius 3 is 2.08 bits per heavy atom. The molecule has 0 atom stereocenters. The van der Waals surface area contributed by atoms with E-state index < -0.39 is 11.8 Å². The van der Waals surface area contributed by atoms with Gasteiger partial charge in [0, 0.05) is 13.1 Å². The maximum absolute atomic E-state index is 13.3. The molecular weight excluding hydrogens is 458 g/mol. The first-order valence-corrected chi connectivity index (χ1v) is 11.7. The first-order valence-electron chi connectivity index (χ1n) is 11.7. The van der Waals surface area contributed by atoms with E-state index in [0.29, 0.717) is 32.5 Å². The van der Waals surface area contributed by atoms with Crippen LogP contribution < -0.4 is 22.5 Å². The summed E-state index contributed by atoms with van der Waals surface area (Å²) in [6, 6.07) is 18.9. The number of nitrogens with one attached hydrogen (secondary N) is 1. The van der Waals surface area contributed by atoms with Crippen molar-refractivity contribution < 1.29 is 14.4 Å². The van der Waals surface area contributed by atoms with Crippen LogP contribution in [0, 0.1) is 0 Å². The number of nitrogens with zero attached hydrogens (tertiary/aromatic N) is 3. The third-order valence-electron chi connectivity index (χ3n) is 5.37. The molecule has 0 aromatic heterocycles. The van der Waals surface area contributed by atoms with Crippen molar-refractivity contribution in [2.24, 2.45) is 22.2 Å².